The van der Waals surface area contributed by atoms with Gasteiger partial charge < -0.3 is 19.9 Å². The van der Waals surface area contributed by atoms with Gasteiger partial charge in [-0.1, -0.05) is 30.3 Å². The molecule has 0 saturated heterocycles. The van der Waals surface area contributed by atoms with Crippen molar-refractivity contribution < 1.29 is 17.9 Å². The molecular formula is C20H23F3IN5O. The highest BCUT2D eigenvalue weighted by molar-refractivity contribution is 14.0. The van der Waals surface area contributed by atoms with Crippen molar-refractivity contribution in [3.8, 4) is 5.75 Å². The zero-order valence-corrected chi connectivity index (χ0v) is 18.6. The summed E-state index contributed by atoms with van der Waals surface area (Å²) in [6.45, 7) is 1.58. The van der Waals surface area contributed by atoms with E-state index >= 15 is 0 Å². The zero-order chi connectivity index (χ0) is 20.7. The molecule has 0 amide bonds. The average Bonchev–Trinajstić information content (AvgIpc) is 3.10. The number of ether oxygens (including phenoxy) is 1. The highest BCUT2D eigenvalue weighted by Gasteiger charge is 2.31. The molecule has 0 aliphatic heterocycles. The van der Waals surface area contributed by atoms with Gasteiger partial charge in [0.1, 0.15) is 5.75 Å². The number of nitrogens with zero attached hydrogens (tertiary/aromatic N) is 3. The van der Waals surface area contributed by atoms with Gasteiger partial charge in [-0.2, -0.15) is 0 Å². The summed E-state index contributed by atoms with van der Waals surface area (Å²) >= 11 is 0. The Morgan fingerprint density at radius 1 is 1.10 bits per heavy atom. The topological polar surface area (TPSA) is 63.5 Å². The minimum Gasteiger partial charge on any atom is -0.405 e. The fraction of sp³-hybridized carbons (Fsp3) is 0.300. The largest absolute Gasteiger partial charge is 0.573 e. The summed E-state index contributed by atoms with van der Waals surface area (Å²) in [6, 6.07) is 13.9. The van der Waals surface area contributed by atoms with Gasteiger partial charge in [0.15, 0.2) is 5.96 Å². The second-order valence-electron chi connectivity index (χ2n) is 6.29. The third kappa shape index (κ3) is 6.78. The van der Waals surface area contributed by atoms with Crippen molar-refractivity contribution >= 4 is 41.0 Å². The van der Waals surface area contributed by atoms with Crippen molar-refractivity contribution in [1.29, 1.82) is 0 Å². The second kappa shape index (κ2) is 11.0. The number of rotatable bonds is 7. The minimum absolute atomic E-state index is 0. The van der Waals surface area contributed by atoms with Crippen LogP contribution >= 0.6 is 24.0 Å². The third-order valence-corrected chi connectivity index (χ3v) is 4.26. The van der Waals surface area contributed by atoms with E-state index in [0.717, 1.165) is 24.0 Å². The number of nitrogens with one attached hydrogen (secondary N) is 2. The highest BCUT2D eigenvalue weighted by Crippen LogP contribution is 2.26. The normalized spacial score (nSPS) is 11.8. The summed E-state index contributed by atoms with van der Waals surface area (Å²) < 4.78 is 43.7. The summed E-state index contributed by atoms with van der Waals surface area (Å²) in [4.78, 5) is 8.46. The Morgan fingerprint density at radius 3 is 2.60 bits per heavy atom. The maximum absolute atomic E-state index is 12.5. The molecule has 2 aromatic carbocycles. The van der Waals surface area contributed by atoms with Crippen LogP contribution in [0.15, 0.2) is 59.9 Å². The van der Waals surface area contributed by atoms with Crippen molar-refractivity contribution in [2.75, 3.05) is 13.6 Å². The van der Waals surface area contributed by atoms with Gasteiger partial charge in [-0.25, -0.2) is 4.98 Å². The first-order chi connectivity index (χ1) is 14.0. The molecule has 6 nitrogen and oxygen atoms in total. The van der Waals surface area contributed by atoms with E-state index in [1.807, 2.05) is 30.6 Å². The van der Waals surface area contributed by atoms with Gasteiger partial charge in [0, 0.05) is 32.2 Å². The highest BCUT2D eigenvalue weighted by atomic mass is 127. The van der Waals surface area contributed by atoms with Gasteiger partial charge >= 0.3 is 6.36 Å². The number of guanidine groups is 1. The number of aromatic nitrogens is 2. The Bertz CT molecular complexity index is 974. The minimum atomic E-state index is -4.73. The van der Waals surface area contributed by atoms with Crippen LogP contribution in [0.25, 0.3) is 11.0 Å². The number of imidazole rings is 1. The lowest BCUT2D eigenvalue weighted by Gasteiger charge is -2.15. The van der Waals surface area contributed by atoms with Crippen molar-refractivity contribution in [1.82, 2.24) is 20.2 Å². The molecule has 0 saturated carbocycles. The summed E-state index contributed by atoms with van der Waals surface area (Å²) in [5.41, 5.74) is 2.42. The predicted molar refractivity (Wildman–Crippen MR) is 121 cm³/mol. The molecule has 2 N–H and O–H groups in total. The summed E-state index contributed by atoms with van der Waals surface area (Å²) in [7, 11) is 1.61. The van der Waals surface area contributed by atoms with Gasteiger partial charge in [-0.15, -0.1) is 37.1 Å². The Kier molecular flexibility index (Phi) is 8.75. The van der Waals surface area contributed by atoms with E-state index in [2.05, 4.69) is 29.9 Å². The van der Waals surface area contributed by atoms with Gasteiger partial charge in [0.05, 0.1) is 17.4 Å². The first kappa shape index (κ1) is 23.8. The van der Waals surface area contributed by atoms with Gasteiger partial charge in [-0.05, 0) is 24.6 Å². The van der Waals surface area contributed by atoms with Crippen LogP contribution in [-0.4, -0.2) is 35.5 Å². The van der Waals surface area contributed by atoms with E-state index in [0.29, 0.717) is 18.1 Å². The Labute approximate surface area is 189 Å². The lowest BCUT2D eigenvalue weighted by Crippen LogP contribution is -2.37. The molecule has 0 bridgehead atoms. The molecule has 1 heterocycles. The number of halogens is 4. The van der Waals surface area contributed by atoms with Crippen molar-refractivity contribution in [2.45, 2.75) is 25.9 Å². The van der Waals surface area contributed by atoms with Crippen molar-refractivity contribution in [3.05, 3.63) is 60.4 Å². The summed E-state index contributed by atoms with van der Waals surface area (Å²) in [5, 5.41) is 6.17. The van der Waals surface area contributed by atoms with Gasteiger partial charge in [0.2, 0.25) is 0 Å². The monoisotopic (exact) mass is 533 g/mol. The number of hydrogen-bond acceptors (Lipinski definition) is 3. The molecule has 0 radical (unpaired) electrons. The number of benzene rings is 2. The van der Waals surface area contributed by atoms with E-state index in [1.54, 1.807) is 19.2 Å². The first-order valence-corrected chi connectivity index (χ1v) is 9.14. The fourth-order valence-electron chi connectivity index (χ4n) is 2.92. The summed E-state index contributed by atoms with van der Waals surface area (Å²) in [5.74, 6) is 0.275. The number of alkyl halides is 3. The quantitative estimate of drug-likeness (QED) is 0.206. The van der Waals surface area contributed by atoms with Crippen LogP contribution in [0, 0.1) is 0 Å². The van der Waals surface area contributed by atoms with E-state index in [-0.39, 0.29) is 36.3 Å². The molecule has 0 aliphatic carbocycles. The number of fused-ring (bicyclic) bond motifs is 1. The zero-order valence-electron chi connectivity index (χ0n) is 16.3. The fourth-order valence-corrected chi connectivity index (χ4v) is 2.92. The molecular weight excluding hydrogens is 510 g/mol. The first-order valence-electron chi connectivity index (χ1n) is 9.14. The van der Waals surface area contributed by atoms with E-state index < -0.39 is 6.36 Å². The molecule has 3 rings (SSSR count). The molecule has 0 unspecified atom stereocenters. The molecule has 0 spiro atoms. The Morgan fingerprint density at radius 2 is 1.83 bits per heavy atom. The number of hydrogen-bond donors (Lipinski definition) is 2. The van der Waals surface area contributed by atoms with Crippen molar-refractivity contribution in [3.63, 3.8) is 0 Å². The molecule has 3 aromatic rings. The second-order valence-corrected chi connectivity index (χ2v) is 6.29. The molecule has 1 aromatic heterocycles. The standard InChI is InChI=1S/C20H22F3N5O.HI/c1-24-19(26-13-15-7-2-5-10-18(15)29-20(21,22)23)25-11-6-12-28-14-27-16-8-3-4-9-17(16)28;/h2-5,7-10,14H,6,11-13H2,1H3,(H2,24,25,26);1H. The maximum atomic E-state index is 12.5. The van der Waals surface area contributed by atoms with Crippen LogP contribution in [-0.2, 0) is 13.1 Å². The van der Waals surface area contributed by atoms with Crippen molar-refractivity contribution in [2.24, 2.45) is 4.99 Å². The molecule has 10 heteroatoms. The van der Waals surface area contributed by atoms with E-state index in [4.69, 9.17) is 0 Å². The Hall–Kier alpha value is -2.50. The molecule has 30 heavy (non-hydrogen) atoms. The summed E-state index contributed by atoms with van der Waals surface area (Å²) in [6.07, 6.45) is -2.09. The smallest absolute Gasteiger partial charge is 0.405 e. The maximum Gasteiger partial charge on any atom is 0.573 e. The van der Waals surface area contributed by atoms with Crippen LogP contribution in [0.1, 0.15) is 12.0 Å². The van der Waals surface area contributed by atoms with E-state index in [1.165, 1.54) is 12.1 Å². The number of aliphatic imine (C=N–C) groups is 1. The van der Waals surface area contributed by atoms with Crippen LogP contribution in [0.2, 0.25) is 0 Å². The average molecular weight is 533 g/mol. The van der Waals surface area contributed by atoms with Crippen LogP contribution in [0.4, 0.5) is 13.2 Å². The van der Waals surface area contributed by atoms with E-state index in [9.17, 15) is 13.2 Å². The molecule has 0 fully saturated rings. The number of para-hydroxylation sites is 3. The molecule has 0 aliphatic rings. The SMILES string of the molecule is CN=C(NCCCn1cnc2ccccc21)NCc1ccccc1OC(F)(F)F.I. The lowest BCUT2D eigenvalue weighted by atomic mass is 10.2. The third-order valence-electron chi connectivity index (χ3n) is 4.26. The van der Waals surface area contributed by atoms with Crippen LogP contribution in [0.5, 0.6) is 5.75 Å². The van der Waals surface area contributed by atoms with Gasteiger partial charge in [-0.3, -0.25) is 4.99 Å². The predicted octanol–water partition coefficient (Wildman–Crippen LogP) is 4.31. The van der Waals surface area contributed by atoms with Gasteiger partial charge in [0.25, 0.3) is 0 Å². The molecule has 162 valence electrons. The number of aryl methyl sites for hydroxylation is 1. The van der Waals surface area contributed by atoms with Crippen LogP contribution in [0.3, 0.4) is 0 Å². The molecule has 0 atom stereocenters. The van der Waals surface area contributed by atoms with Crippen LogP contribution < -0.4 is 15.4 Å². The Balaban J connectivity index is 0.00000320. The lowest BCUT2D eigenvalue weighted by molar-refractivity contribution is -0.274.